The number of hydrogen-bond acceptors (Lipinski definition) is 2. The average molecular weight is 136 g/mol. The van der Waals surface area contributed by atoms with Crippen LogP contribution in [0.2, 0.25) is 0 Å². The Morgan fingerprint density at radius 3 is 2.30 bits per heavy atom. The van der Waals surface area contributed by atoms with Gasteiger partial charge in [0, 0.05) is 0 Å². The third-order valence-electron chi connectivity index (χ3n) is 1.21. The molecule has 0 spiro atoms. The quantitative estimate of drug-likeness (QED) is 0.458. The van der Waals surface area contributed by atoms with E-state index in [4.69, 9.17) is 5.73 Å². The summed E-state index contributed by atoms with van der Waals surface area (Å²) in [6, 6.07) is 0. The second kappa shape index (κ2) is 3.80. The Hall–Kier alpha value is -1.15. The van der Waals surface area contributed by atoms with E-state index in [1.165, 1.54) is 0 Å². The minimum Gasteiger partial charge on any atom is -0.306 e. The first-order valence-corrected chi connectivity index (χ1v) is 2.85. The molecule has 0 saturated heterocycles. The molecule has 0 heterocycles. The first-order valence-electron chi connectivity index (χ1n) is 2.85. The Kier molecular flexibility index (Phi) is 3.36. The van der Waals surface area contributed by atoms with E-state index in [1.807, 2.05) is 0 Å². The molecule has 0 radical (unpaired) electrons. The molecule has 0 bridgehead atoms. The van der Waals surface area contributed by atoms with Gasteiger partial charge in [-0.05, 0) is 17.9 Å². The maximum Gasteiger partial charge on any atom is 0.122 e. The fraction of sp³-hybridized carbons (Fsp3) is 0.125. The fourth-order valence-electron chi connectivity index (χ4n) is 0.431. The van der Waals surface area contributed by atoms with Crippen molar-refractivity contribution in [3.05, 3.63) is 37.0 Å². The standard InChI is InChI=1S/C8H12N2/c1-5-6(2)7(3)8(9)10-4/h5,8H,1-4,9H2. The lowest BCUT2D eigenvalue weighted by molar-refractivity contribution is 0.845. The van der Waals surface area contributed by atoms with Crippen LogP contribution in [-0.2, 0) is 0 Å². The molecule has 0 aliphatic carbocycles. The SMILES string of the molecule is C=CC(=C)C(=C)C(N)N=C. The summed E-state index contributed by atoms with van der Waals surface area (Å²) in [5.41, 5.74) is 6.82. The van der Waals surface area contributed by atoms with E-state index in [1.54, 1.807) is 6.08 Å². The van der Waals surface area contributed by atoms with Crippen molar-refractivity contribution in [2.24, 2.45) is 10.7 Å². The van der Waals surface area contributed by atoms with E-state index >= 15 is 0 Å². The molecule has 0 fully saturated rings. The molecule has 0 rings (SSSR count). The van der Waals surface area contributed by atoms with Crippen molar-refractivity contribution < 1.29 is 0 Å². The van der Waals surface area contributed by atoms with Crippen LogP contribution >= 0.6 is 0 Å². The smallest absolute Gasteiger partial charge is 0.122 e. The second-order valence-electron chi connectivity index (χ2n) is 1.88. The third-order valence-corrected chi connectivity index (χ3v) is 1.21. The maximum atomic E-state index is 5.46. The summed E-state index contributed by atoms with van der Waals surface area (Å²) in [4.78, 5) is 3.58. The number of allylic oxidation sites excluding steroid dienone is 1. The molecule has 0 aromatic carbocycles. The zero-order chi connectivity index (χ0) is 8.15. The normalized spacial score (nSPS) is 11.7. The Morgan fingerprint density at radius 1 is 1.50 bits per heavy atom. The van der Waals surface area contributed by atoms with E-state index in [0.717, 1.165) is 0 Å². The number of rotatable bonds is 4. The lowest BCUT2D eigenvalue weighted by Gasteiger charge is -2.08. The minimum absolute atomic E-state index is 0.453. The molecule has 0 amide bonds. The van der Waals surface area contributed by atoms with Crippen LogP contribution in [0.1, 0.15) is 0 Å². The lowest BCUT2D eigenvalue weighted by Crippen LogP contribution is -2.19. The summed E-state index contributed by atoms with van der Waals surface area (Å²) in [5, 5.41) is 0. The minimum atomic E-state index is -0.453. The van der Waals surface area contributed by atoms with Crippen LogP contribution in [0.15, 0.2) is 42.0 Å². The summed E-state index contributed by atoms with van der Waals surface area (Å²) in [7, 11) is 0. The zero-order valence-corrected chi connectivity index (χ0v) is 6.01. The highest BCUT2D eigenvalue weighted by Crippen LogP contribution is 2.09. The monoisotopic (exact) mass is 136 g/mol. The first kappa shape index (κ1) is 8.85. The zero-order valence-electron chi connectivity index (χ0n) is 6.01. The van der Waals surface area contributed by atoms with E-state index < -0.39 is 6.17 Å². The van der Waals surface area contributed by atoms with Gasteiger partial charge in [0.15, 0.2) is 0 Å². The van der Waals surface area contributed by atoms with Gasteiger partial charge in [0.25, 0.3) is 0 Å². The van der Waals surface area contributed by atoms with Crippen LogP contribution in [0.4, 0.5) is 0 Å². The van der Waals surface area contributed by atoms with Crippen LogP contribution < -0.4 is 5.73 Å². The van der Waals surface area contributed by atoms with Crippen molar-refractivity contribution >= 4 is 6.72 Å². The van der Waals surface area contributed by atoms with Crippen LogP contribution in [0.25, 0.3) is 0 Å². The lowest BCUT2D eigenvalue weighted by atomic mass is 10.1. The van der Waals surface area contributed by atoms with Gasteiger partial charge in [-0.3, -0.25) is 4.99 Å². The third kappa shape index (κ3) is 1.99. The van der Waals surface area contributed by atoms with Crippen molar-refractivity contribution in [1.29, 1.82) is 0 Å². The van der Waals surface area contributed by atoms with Crippen molar-refractivity contribution in [3.8, 4) is 0 Å². The van der Waals surface area contributed by atoms with Gasteiger partial charge in [0.1, 0.15) is 6.17 Å². The molecule has 0 aliphatic heterocycles. The molecule has 1 atom stereocenters. The van der Waals surface area contributed by atoms with E-state index in [2.05, 4.69) is 31.4 Å². The molecular weight excluding hydrogens is 124 g/mol. The number of nitrogens with two attached hydrogens (primary N) is 1. The van der Waals surface area contributed by atoms with Crippen molar-refractivity contribution in [2.45, 2.75) is 6.17 Å². The Balaban J connectivity index is 4.21. The van der Waals surface area contributed by atoms with Gasteiger partial charge in [-0.1, -0.05) is 25.8 Å². The van der Waals surface area contributed by atoms with Gasteiger partial charge in [0.2, 0.25) is 0 Å². The molecule has 2 nitrogen and oxygen atoms in total. The Labute approximate surface area is 61.5 Å². The number of nitrogens with zero attached hydrogens (tertiary/aromatic N) is 1. The van der Waals surface area contributed by atoms with Gasteiger partial charge in [-0.2, -0.15) is 0 Å². The molecule has 54 valence electrons. The highest BCUT2D eigenvalue weighted by atomic mass is 14.9. The summed E-state index contributed by atoms with van der Waals surface area (Å²) < 4.78 is 0. The Morgan fingerprint density at radius 2 is 2.00 bits per heavy atom. The number of hydrogen-bond donors (Lipinski definition) is 1. The molecule has 0 aromatic heterocycles. The molecule has 10 heavy (non-hydrogen) atoms. The summed E-state index contributed by atoms with van der Waals surface area (Å²) in [6.45, 7) is 14.1. The highest BCUT2D eigenvalue weighted by Gasteiger charge is 2.03. The molecular formula is C8H12N2. The first-order chi connectivity index (χ1) is 4.63. The van der Waals surface area contributed by atoms with Gasteiger partial charge in [0.05, 0.1) is 0 Å². The molecule has 0 aliphatic rings. The summed E-state index contributed by atoms with van der Waals surface area (Å²) in [6.07, 6.45) is 1.14. The van der Waals surface area contributed by atoms with Crippen LogP contribution in [0, 0.1) is 0 Å². The van der Waals surface area contributed by atoms with Gasteiger partial charge >= 0.3 is 0 Å². The fourth-order valence-corrected chi connectivity index (χ4v) is 0.431. The predicted octanol–water partition coefficient (Wildman–Crippen LogP) is 1.27. The van der Waals surface area contributed by atoms with Crippen LogP contribution in [-0.4, -0.2) is 12.9 Å². The van der Waals surface area contributed by atoms with Crippen molar-refractivity contribution in [2.75, 3.05) is 0 Å². The summed E-state index contributed by atoms with van der Waals surface area (Å²) in [5.74, 6) is 0. The van der Waals surface area contributed by atoms with E-state index in [9.17, 15) is 0 Å². The number of aliphatic imine (C=N–C) groups is 1. The molecule has 2 heteroatoms. The molecule has 1 unspecified atom stereocenters. The largest absolute Gasteiger partial charge is 0.306 e. The van der Waals surface area contributed by atoms with E-state index in [-0.39, 0.29) is 0 Å². The molecule has 0 aromatic rings. The van der Waals surface area contributed by atoms with Crippen LogP contribution in [0.5, 0.6) is 0 Å². The topological polar surface area (TPSA) is 38.4 Å². The molecule has 2 N–H and O–H groups in total. The molecule has 0 saturated carbocycles. The Bertz CT molecular complexity index is 180. The van der Waals surface area contributed by atoms with Crippen LogP contribution in [0.3, 0.4) is 0 Å². The maximum absolute atomic E-state index is 5.46. The average Bonchev–Trinajstić information content (AvgIpc) is 2.00. The predicted molar refractivity (Wildman–Crippen MR) is 46.0 cm³/mol. The van der Waals surface area contributed by atoms with Crippen molar-refractivity contribution in [3.63, 3.8) is 0 Å². The van der Waals surface area contributed by atoms with Crippen molar-refractivity contribution in [1.82, 2.24) is 0 Å². The van der Waals surface area contributed by atoms with Gasteiger partial charge < -0.3 is 5.73 Å². The van der Waals surface area contributed by atoms with E-state index in [0.29, 0.717) is 11.1 Å². The summed E-state index contributed by atoms with van der Waals surface area (Å²) >= 11 is 0. The highest BCUT2D eigenvalue weighted by molar-refractivity contribution is 5.39. The van der Waals surface area contributed by atoms with Gasteiger partial charge in [-0.25, -0.2) is 0 Å². The second-order valence-corrected chi connectivity index (χ2v) is 1.88. The van der Waals surface area contributed by atoms with Gasteiger partial charge in [-0.15, -0.1) is 0 Å².